The average molecular weight is 471 g/mol. The maximum Gasteiger partial charge on any atom is 0.247 e. The van der Waals surface area contributed by atoms with E-state index in [9.17, 15) is 4.79 Å². The van der Waals surface area contributed by atoms with E-state index in [2.05, 4.69) is 20.3 Å². The molecule has 1 amide bonds. The first-order chi connectivity index (χ1) is 17.0. The first-order valence-electron chi connectivity index (χ1n) is 11.9. The van der Waals surface area contributed by atoms with Gasteiger partial charge in [0.2, 0.25) is 11.9 Å². The van der Waals surface area contributed by atoms with Gasteiger partial charge in [0.05, 0.1) is 18.8 Å². The van der Waals surface area contributed by atoms with Crippen molar-refractivity contribution in [2.24, 2.45) is 0 Å². The number of benzene rings is 2. The molecule has 180 valence electrons. The van der Waals surface area contributed by atoms with Gasteiger partial charge in [-0.2, -0.15) is 4.98 Å². The van der Waals surface area contributed by atoms with Crippen molar-refractivity contribution >= 4 is 28.9 Å². The summed E-state index contributed by atoms with van der Waals surface area (Å²) in [6.07, 6.45) is 2.33. The molecule has 2 aromatic carbocycles. The Morgan fingerprint density at radius 2 is 1.74 bits per heavy atom. The highest BCUT2D eigenvalue weighted by atomic mass is 16.5. The molecule has 1 saturated heterocycles. The molecular weight excluding hydrogens is 440 g/mol. The number of ether oxygens (including phenoxy) is 1. The third kappa shape index (κ3) is 4.70. The number of amides is 1. The van der Waals surface area contributed by atoms with Crippen molar-refractivity contribution in [3.8, 4) is 17.0 Å². The van der Waals surface area contributed by atoms with Gasteiger partial charge in [0, 0.05) is 24.0 Å². The summed E-state index contributed by atoms with van der Waals surface area (Å²) in [5.74, 6) is 1.43. The van der Waals surface area contributed by atoms with E-state index >= 15 is 0 Å². The number of rotatable bonds is 7. The van der Waals surface area contributed by atoms with Gasteiger partial charge in [-0.25, -0.2) is 4.52 Å². The maximum absolute atomic E-state index is 12.9. The van der Waals surface area contributed by atoms with Crippen LogP contribution < -0.4 is 15.0 Å². The van der Waals surface area contributed by atoms with E-state index in [4.69, 9.17) is 4.74 Å². The molecular formula is C27H30N6O2. The molecule has 1 atom stereocenters. The van der Waals surface area contributed by atoms with Crippen LogP contribution in [0.15, 0.2) is 66.7 Å². The Labute approximate surface area is 205 Å². The minimum absolute atomic E-state index is 0.109. The van der Waals surface area contributed by atoms with Crippen molar-refractivity contribution in [3.63, 3.8) is 0 Å². The molecule has 0 radical (unpaired) electrons. The molecule has 4 aromatic rings. The maximum atomic E-state index is 12.9. The molecule has 8 nitrogen and oxygen atoms in total. The predicted molar refractivity (Wildman–Crippen MR) is 138 cm³/mol. The van der Waals surface area contributed by atoms with Crippen LogP contribution in [-0.4, -0.2) is 58.7 Å². The Morgan fingerprint density at radius 1 is 1.03 bits per heavy atom. The van der Waals surface area contributed by atoms with Crippen LogP contribution in [0.1, 0.15) is 19.8 Å². The van der Waals surface area contributed by atoms with Crippen LogP contribution in [0.4, 0.5) is 17.3 Å². The first kappa shape index (κ1) is 22.9. The van der Waals surface area contributed by atoms with Gasteiger partial charge >= 0.3 is 0 Å². The number of pyridine rings is 1. The molecule has 1 unspecified atom stereocenters. The Kier molecular flexibility index (Phi) is 6.37. The quantitative estimate of drug-likeness (QED) is 0.426. The molecule has 1 N–H and O–H groups in total. The number of hydrogen-bond donors (Lipinski definition) is 1. The second-order valence-electron chi connectivity index (χ2n) is 8.83. The topological polar surface area (TPSA) is 75.0 Å². The summed E-state index contributed by atoms with van der Waals surface area (Å²) in [6.45, 7) is 3.99. The molecule has 1 aliphatic heterocycles. The van der Waals surface area contributed by atoms with Crippen LogP contribution >= 0.6 is 0 Å². The lowest BCUT2D eigenvalue weighted by molar-refractivity contribution is -0.122. The van der Waals surface area contributed by atoms with E-state index in [1.807, 2.05) is 85.2 Å². The number of likely N-dealkylation sites (tertiary alicyclic amines) is 1. The van der Waals surface area contributed by atoms with Crippen molar-refractivity contribution in [3.05, 3.63) is 66.7 Å². The number of likely N-dealkylation sites (N-methyl/N-ethyl adjacent to an activating group) is 1. The number of carbonyl (C=O) groups excluding carboxylic acids is 1. The number of nitrogens with one attached hydrogen (secondary N) is 1. The SMILES string of the molecule is COc1ccc(-c2cccc3nc(Nc4ccc(N(C)C(=O)C(C)N5CCCC5)cc4)nn23)cc1. The number of carbonyl (C=O) groups is 1. The first-order valence-corrected chi connectivity index (χ1v) is 11.9. The minimum Gasteiger partial charge on any atom is -0.497 e. The largest absolute Gasteiger partial charge is 0.497 e. The summed E-state index contributed by atoms with van der Waals surface area (Å²) in [5, 5.41) is 7.95. The summed E-state index contributed by atoms with van der Waals surface area (Å²) in [6, 6.07) is 21.4. The third-order valence-electron chi connectivity index (χ3n) is 6.63. The zero-order valence-electron chi connectivity index (χ0n) is 20.3. The third-order valence-corrected chi connectivity index (χ3v) is 6.63. The van der Waals surface area contributed by atoms with Gasteiger partial charge in [-0.1, -0.05) is 6.07 Å². The van der Waals surface area contributed by atoms with Crippen molar-refractivity contribution in [1.29, 1.82) is 0 Å². The van der Waals surface area contributed by atoms with Crippen molar-refractivity contribution in [2.75, 3.05) is 37.5 Å². The van der Waals surface area contributed by atoms with Gasteiger partial charge < -0.3 is 15.0 Å². The molecule has 35 heavy (non-hydrogen) atoms. The van der Waals surface area contributed by atoms with Crippen molar-refractivity contribution < 1.29 is 9.53 Å². The van der Waals surface area contributed by atoms with Gasteiger partial charge in [0.15, 0.2) is 5.65 Å². The van der Waals surface area contributed by atoms with E-state index in [0.29, 0.717) is 5.95 Å². The number of methoxy groups -OCH3 is 1. The highest BCUT2D eigenvalue weighted by Gasteiger charge is 2.26. The average Bonchev–Trinajstić information content (AvgIpc) is 3.58. The summed E-state index contributed by atoms with van der Waals surface area (Å²) >= 11 is 0. The van der Waals surface area contributed by atoms with Crippen LogP contribution in [0.3, 0.4) is 0 Å². The fourth-order valence-corrected chi connectivity index (χ4v) is 4.53. The molecule has 3 heterocycles. The Hall–Kier alpha value is -3.91. The van der Waals surface area contributed by atoms with Gasteiger partial charge in [0.1, 0.15) is 5.75 Å². The van der Waals surface area contributed by atoms with Crippen molar-refractivity contribution in [2.45, 2.75) is 25.8 Å². The molecule has 0 spiro atoms. The standard InChI is InChI=1S/C27H30N6O2/c1-19(32-17-4-5-18-32)26(34)31(2)22-13-11-21(12-14-22)28-27-29-25-8-6-7-24(33(25)30-27)20-9-15-23(35-3)16-10-20/h6-16,19H,4-5,17-18H2,1-3H3,(H,28,30). The van der Waals surface area contributed by atoms with Gasteiger partial charge in [-0.15, -0.1) is 5.10 Å². The summed E-state index contributed by atoms with van der Waals surface area (Å²) in [4.78, 5) is 21.5. The van der Waals surface area contributed by atoms with Gasteiger partial charge in [0.25, 0.3) is 0 Å². The second kappa shape index (κ2) is 9.76. The van der Waals surface area contributed by atoms with Crippen LogP contribution in [0.2, 0.25) is 0 Å². The molecule has 0 bridgehead atoms. The lowest BCUT2D eigenvalue weighted by atomic mass is 10.1. The molecule has 2 aromatic heterocycles. The number of aromatic nitrogens is 3. The van der Waals surface area contributed by atoms with Crippen LogP contribution in [0, 0.1) is 0 Å². The fourth-order valence-electron chi connectivity index (χ4n) is 4.53. The van der Waals surface area contributed by atoms with E-state index in [1.54, 1.807) is 12.0 Å². The Bertz CT molecular complexity index is 1310. The zero-order valence-corrected chi connectivity index (χ0v) is 20.3. The van der Waals surface area contributed by atoms with Gasteiger partial charge in [-0.05, 0) is 93.5 Å². The van der Waals surface area contributed by atoms with Crippen molar-refractivity contribution in [1.82, 2.24) is 19.5 Å². The van der Waals surface area contributed by atoms with E-state index in [1.165, 1.54) is 12.8 Å². The van der Waals surface area contributed by atoms with Crippen LogP contribution in [0.25, 0.3) is 16.9 Å². The normalized spacial score (nSPS) is 14.7. The highest BCUT2D eigenvalue weighted by Crippen LogP contribution is 2.25. The molecule has 5 rings (SSSR count). The highest BCUT2D eigenvalue weighted by molar-refractivity contribution is 5.96. The smallest absolute Gasteiger partial charge is 0.247 e. The second-order valence-corrected chi connectivity index (χ2v) is 8.83. The Balaban J connectivity index is 1.31. The number of nitrogens with zero attached hydrogens (tertiary/aromatic N) is 5. The number of anilines is 3. The summed E-state index contributed by atoms with van der Waals surface area (Å²) < 4.78 is 7.09. The predicted octanol–water partition coefficient (Wildman–Crippen LogP) is 4.60. The molecule has 0 aliphatic carbocycles. The lowest BCUT2D eigenvalue weighted by Gasteiger charge is -2.27. The van der Waals surface area contributed by atoms with E-state index in [0.717, 1.165) is 47.1 Å². The summed E-state index contributed by atoms with van der Waals surface area (Å²) in [5.41, 5.74) is 4.42. The fraction of sp³-hybridized carbons (Fsp3) is 0.296. The zero-order chi connectivity index (χ0) is 24.4. The van der Waals surface area contributed by atoms with Gasteiger partial charge in [-0.3, -0.25) is 9.69 Å². The van der Waals surface area contributed by atoms with Crippen LogP contribution in [0.5, 0.6) is 5.75 Å². The monoisotopic (exact) mass is 470 g/mol. The Morgan fingerprint density at radius 3 is 2.43 bits per heavy atom. The lowest BCUT2D eigenvalue weighted by Crippen LogP contribution is -2.44. The minimum atomic E-state index is -0.109. The summed E-state index contributed by atoms with van der Waals surface area (Å²) in [7, 11) is 3.49. The van der Waals surface area contributed by atoms with E-state index in [-0.39, 0.29) is 11.9 Å². The molecule has 8 heteroatoms. The molecule has 0 saturated carbocycles. The van der Waals surface area contributed by atoms with E-state index < -0.39 is 0 Å². The molecule has 1 aliphatic rings. The number of hydrogen-bond acceptors (Lipinski definition) is 6. The molecule has 1 fully saturated rings. The van der Waals surface area contributed by atoms with Crippen LogP contribution in [-0.2, 0) is 4.79 Å². The number of fused-ring (bicyclic) bond motifs is 1.